The molecule has 1 aromatic heterocycles. The number of aromatic nitrogens is 1. The standard InChI is InChI=1S/C19H24N2.2ClH.Co/c1-13(2)16-9-8-10-17(14(3)4)19(16)21-15(5)18-11-6-7-12-20-18;;;/h6-14H,1-5H3;2*1H;/q;;;+2/p-2. The molecule has 1 aromatic carbocycles. The summed E-state index contributed by atoms with van der Waals surface area (Å²) >= 11 is 0.382. The molecule has 0 spiro atoms. The summed E-state index contributed by atoms with van der Waals surface area (Å²) in [7, 11) is 9.47. The number of para-hydroxylation sites is 1. The van der Waals surface area contributed by atoms with Crippen molar-refractivity contribution >= 4 is 31.7 Å². The Labute approximate surface area is 160 Å². The first-order valence-electron chi connectivity index (χ1n) is 7.85. The van der Waals surface area contributed by atoms with E-state index >= 15 is 0 Å². The molecule has 0 radical (unpaired) electrons. The average molecular weight is 410 g/mol. The first kappa shape index (κ1) is 21.2. The Bertz CT molecular complexity index is 629. The van der Waals surface area contributed by atoms with Gasteiger partial charge in [-0.25, -0.2) is 0 Å². The van der Waals surface area contributed by atoms with Gasteiger partial charge in [-0.05, 0) is 42.0 Å². The molecule has 0 unspecified atom stereocenters. The zero-order valence-corrected chi connectivity index (χ0v) is 17.2. The van der Waals surface area contributed by atoms with Crippen molar-refractivity contribution in [2.75, 3.05) is 0 Å². The molecule has 0 saturated heterocycles. The molecule has 0 fully saturated rings. The molecule has 0 atom stereocenters. The molecule has 0 aliphatic heterocycles. The van der Waals surface area contributed by atoms with Crippen molar-refractivity contribution in [1.82, 2.24) is 4.98 Å². The first-order valence-corrected chi connectivity index (χ1v) is 10.7. The summed E-state index contributed by atoms with van der Waals surface area (Å²) in [6, 6.07) is 12.4. The van der Waals surface area contributed by atoms with Crippen molar-refractivity contribution in [2.45, 2.75) is 46.5 Å². The first-order chi connectivity index (χ1) is 11.4. The van der Waals surface area contributed by atoms with Crippen molar-refractivity contribution in [3.63, 3.8) is 0 Å². The molecule has 24 heavy (non-hydrogen) atoms. The van der Waals surface area contributed by atoms with Crippen LogP contribution in [0.4, 0.5) is 5.69 Å². The zero-order valence-electron chi connectivity index (χ0n) is 14.7. The van der Waals surface area contributed by atoms with E-state index in [1.54, 1.807) is 0 Å². The van der Waals surface area contributed by atoms with Gasteiger partial charge in [-0.15, -0.1) is 0 Å². The van der Waals surface area contributed by atoms with Gasteiger partial charge in [0.25, 0.3) is 0 Å². The molecular weight excluding hydrogens is 386 g/mol. The minimum absolute atomic E-state index is 0.382. The summed E-state index contributed by atoms with van der Waals surface area (Å²) in [6.45, 7) is 10.9. The van der Waals surface area contributed by atoms with E-state index in [1.165, 1.54) is 11.1 Å². The topological polar surface area (TPSA) is 25.2 Å². The Hall–Kier alpha value is -0.874. The van der Waals surface area contributed by atoms with Crippen LogP contribution >= 0.6 is 20.3 Å². The van der Waals surface area contributed by atoms with Gasteiger partial charge in [0.1, 0.15) is 0 Å². The summed E-state index contributed by atoms with van der Waals surface area (Å²) in [5.74, 6) is 0.915. The molecule has 2 nitrogen and oxygen atoms in total. The van der Waals surface area contributed by atoms with Crippen LogP contribution in [0.15, 0.2) is 47.6 Å². The van der Waals surface area contributed by atoms with E-state index in [2.05, 4.69) is 50.9 Å². The Morgan fingerprint density at radius 1 is 0.958 bits per heavy atom. The van der Waals surface area contributed by atoms with Crippen LogP contribution in [-0.4, -0.2) is 10.7 Å². The van der Waals surface area contributed by atoms with Gasteiger partial charge in [0, 0.05) is 6.20 Å². The van der Waals surface area contributed by atoms with E-state index in [0.717, 1.165) is 17.1 Å². The molecule has 133 valence electrons. The average Bonchev–Trinajstić information content (AvgIpc) is 2.56. The number of benzene rings is 1. The SMILES string of the molecule is CC(=Nc1c(C(C)C)cccc1C(C)C)c1ccccn1.[Cl][Co][Cl]. The van der Waals surface area contributed by atoms with Gasteiger partial charge in [-0.2, -0.15) is 0 Å². The fraction of sp³-hybridized carbons (Fsp3) is 0.368. The number of rotatable bonds is 4. The third-order valence-electron chi connectivity index (χ3n) is 3.66. The second-order valence-electron chi connectivity index (χ2n) is 6.05. The second-order valence-corrected chi connectivity index (χ2v) is 7.77. The third-order valence-corrected chi connectivity index (χ3v) is 3.66. The second kappa shape index (κ2) is 10.9. The van der Waals surface area contributed by atoms with Gasteiger partial charge in [0.2, 0.25) is 0 Å². The van der Waals surface area contributed by atoms with Crippen LogP contribution in [-0.2, 0) is 12.9 Å². The maximum absolute atomic E-state index is 4.93. The summed E-state index contributed by atoms with van der Waals surface area (Å²) in [4.78, 5) is 9.32. The van der Waals surface area contributed by atoms with Crippen molar-refractivity contribution in [2.24, 2.45) is 4.99 Å². The van der Waals surface area contributed by atoms with Crippen molar-refractivity contribution in [3.05, 3.63) is 59.4 Å². The molecule has 0 saturated carbocycles. The Kier molecular flexibility index (Phi) is 9.60. The summed E-state index contributed by atoms with van der Waals surface area (Å²) < 4.78 is 0. The molecule has 2 aromatic rings. The molecule has 1 heterocycles. The Morgan fingerprint density at radius 3 is 1.92 bits per heavy atom. The normalized spacial score (nSPS) is 11.6. The molecular formula is C19H24Cl2CoN2. The molecule has 0 N–H and O–H groups in total. The zero-order chi connectivity index (χ0) is 18.1. The van der Waals surface area contributed by atoms with E-state index in [1.807, 2.05) is 31.3 Å². The quantitative estimate of drug-likeness (QED) is 0.507. The van der Waals surface area contributed by atoms with E-state index in [9.17, 15) is 0 Å². The minimum atomic E-state index is 0.382. The fourth-order valence-corrected chi connectivity index (χ4v) is 2.44. The molecule has 0 bridgehead atoms. The van der Waals surface area contributed by atoms with Crippen LogP contribution in [0.3, 0.4) is 0 Å². The van der Waals surface area contributed by atoms with Gasteiger partial charge >= 0.3 is 33.2 Å². The van der Waals surface area contributed by atoms with E-state index in [-0.39, 0.29) is 0 Å². The van der Waals surface area contributed by atoms with E-state index in [4.69, 9.17) is 25.3 Å². The fourth-order valence-electron chi connectivity index (χ4n) is 2.44. The van der Waals surface area contributed by atoms with Crippen LogP contribution in [0.2, 0.25) is 0 Å². The molecule has 0 amide bonds. The third kappa shape index (κ3) is 6.21. The van der Waals surface area contributed by atoms with Gasteiger partial charge < -0.3 is 0 Å². The molecule has 0 aliphatic carbocycles. The number of hydrogen-bond donors (Lipinski definition) is 0. The van der Waals surface area contributed by atoms with E-state index in [0.29, 0.717) is 24.7 Å². The van der Waals surface area contributed by atoms with Crippen LogP contribution < -0.4 is 0 Å². The van der Waals surface area contributed by atoms with Gasteiger partial charge in [-0.1, -0.05) is 52.0 Å². The van der Waals surface area contributed by atoms with E-state index < -0.39 is 0 Å². The van der Waals surface area contributed by atoms with Crippen molar-refractivity contribution in [1.29, 1.82) is 0 Å². The monoisotopic (exact) mass is 409 g/mol. The molecule has 0 aliphatic rings. The maximum atomic E-state index is 4.93. The Morgan fingerprint density at radius 2 is 1.50 bits per heavy atom. The number of nitrogens with zero attached hydrogens (tertiary/aromatic N) is 2. The molecule has 5 heteroatoms. The van der Waals surface area contributed by atoms with Gasteiger partial charge in [0.15, 0.2) is 0 Å². The number of aliphatic imine (C=N–C) groups is 1. The summed E-state index contributed by atoms with van der Waals surface area (Å²) in [6.07, 6.45) is 1.81. The predicted molar refractivity (Wildman–Crippen MR) is 102 cm³/mol. The number of pyridine rings is 1. The van der Waals surface area contributed by atoms with Gasteiger partial charge in [0.05, 0.1) is 17.1 Å². The van der Waals surface area contributed by atoms with Crippen LogP contribution in [0.1, 0.15) is 63.3 Å². The van der Waals surface area contributed by atoms with Crippen LogP contribution in [0, 0.1) is 0 Å². The van der Waals surface area contributed by atoms with Crippen LogP contribution in [0.5, 0.6) is 0 Å². The van der Waals surface area contributed by atoms with Crippen molar-refractivity contribution < 1.29 is 12.9 Å². The van der Waals surface area contributed by atoms with Crippen LogP contribution in [0.25, 0.3) is 0 Å². The number of hydrogen-bond acceptors (Lipinski definition) is 2. The number of halogens is 2. The molecule has 2 rings (SSSR count). The Balaban J connectivity index is 0.000000891. The predicted octanol–water partition coefficient (Wildman–Crippen LogP) is 6.85. The summed E-state index contributed by atoms with van der Waals surface area (Å²) in [5, 5.41) is 0. The van der Waals surface area contributed by atoms with Gasteiger partial charge in [-0.3, -0.25) is 9.98 Å². The summed E-state index contributed by atoms with van der Waals surface area (Å²) in [5.41, 5.74) is 5.62. The van der Waals surface area contributed by atoms with Crippen molar-refractivity contribution in [3.8, 4) is 0 Å².